The van der Waals surface area contributed by atoms with Gasteiger partial charge in [-0.05, 0) is 17.5 Å². The molecular weight excluding hydrogens is 251 g/mol. The molecule has 0 aliphatic heterocycles. The van der Waals surface area contributed by atoms with Crippen molar-refractivity contribution in [2.24, 2.45) is 0 Å². The molecule has 0 saturated carbocycles. The molecule has 0 spiro atoms. The Balaban J connectivity index is 0.000000203. The Kier molecular flexibility index (Phi) is 4.09. The predicted molar refractivity (Wildman–Crippen MR) is 58.3 cm³/mol. The van der Waals surface area contributed by atoms with Crippen LogP contribution >= 0.6 is 0 Å². The van der Waals surface area contributed by atoms with Crippen molar-refractivity contribution in [3.63, 3.8) is 0 Å². The van der Waals surface area contributed by atoms with Crippen LogP contribution in [0.3, 0.4) is 0 Å². The van der Waals surface area contributed by atoms with E-state index in [-0.39, 0.29) is 5.56 Å². The molecule has 4 nitrogen and oxygen atoms in total. The van der Waals surface area contributed by atoms with Gasteiger partial charge in [-0.25, -0.2) is 4.79 Å². The number of H-pyrrole nitrogens is 1. The number of benzene rings is 1. The molecule has 1 aromatic carbocycles. The molecule has 0 aliphatic carbocycles. The van der Waals surface area contributed by atoms with Gasteiger partial charge in [-0.1, -0.05) is 18.2 Å². The average Bonchev–Trinajstić information content (AvgIpc) is 2.29. The first-order valence-corrected chi connectivity index (χ1v) is 4.69. The summed E-state index contributed by atoms with van der Waals surface area (Å²) in [6, 6.07) is 9.40. The van der Waals surface area contributed by atoms with Crippen LogP contribution in [0.5, 0.6) is 0 Å². The van der Waals surface area contributed by atoms with E-state index in [0.29, 0.717) is 0 Å². The monoisotopic (exact) mass is 259 g/mol. The van der Waals surface area contributed by atoms with Crippen molar-refractivity contribution in [3.8, 4) is 0 Å². The van der Waals surface area contributed by atoms with Gasteiger partial charge in [-0.2, -0.15) is 13.2 Å². The van der Waals surface area contributed by atoms with Gasteiger partial charge in [-0.15, -0.1) is 0 Å². The standard InChI is InChI=1S/C9H7NO.C2HF3O2/c11-9-8-4-2-1-3-7(8)5-6-10-9;3-2(4,5)1(6)7/h1-6H,(H,10,11);(H,6,7). The van der Waals surface area contributed by atoms with Crippen LogP contribution in [0, 0.1) is 0 Å². The van der Waals surface area contributed by atoms with Gasteiger partial charge in [0.15, 0.2) is 0 Å². The SMILES string of the molecule is O=C(O)C(F)(F)F.O=c1[nH]ccc2ccccc12. The number of carboxylic acid groups (broad SMARTS) is 1. The van der Waals surface area contributed by atoms with Crippen LogP contribution in [0.1, 0.15) is 0 Å². The number of carboxylic acids is 1. The number of hydrogen-bond donors (Lipinski definition) is 2. The summed E-state index contributed by atoms with van der Waals surface area (Å²) in [4.78, 5) is 22.6. The second-order valence-corrected chi connectivity index (χ2v) is 3.20. The minimum atomic E-state index is -5.08. The van der Waals surface area contributed by atoms with E-state index in [2.05, 4.69) is 4.98 Å². The number of fused-ring (bicyclic) bond motifs is 1. The maximum absolute atomic E-state index is 11.1. The zero-order valence-electron chi connectivity index (χ0n) is 8.86. The Bertz CT molecular complexity index is 599. The smallest absolute Gasteiger partial charge is 0.475 e. The molecule has 1 aromatic heterocycles. The fourth-order valence-electron chi connectivity index (χ4n) is 1.13. The van der Waals surface area contributed by atoms with Crippen molar-refractivity contribution in [2.75, 3.05) is 0 Å². The summed E-state index contributed by atoms with van der Waals surface area (Å²) in [7, 11) is 0. The van der Waals surface area contributed by atoms with Crippen molar-refractivity contribution in [3.05, 3.63) is 46.9 Å². The number of rotatable bonds is 0. The molecule has 0 fully saturated rings. The number of carbonyl (C=O) groups is 1. The fourth-order valence-corrected chi connectivity index (χ4v) is 1.13. The van der Waals surface area contributed by atoms with E-state index in [1.54, 1.807) is 6.20 Å². The lowest BCUT2D eigenvalue weighted by atomic mass is 10.2. The number of aromatic nitrogens is 1. The summed E-state index contributed by atoms with van der Waals surface area (Å²) in [5, 5.41) is 8.85. The topological polar surface area (TPSA) is 70.2 Å². The van der Waals surface area contributed by atoms with E-state index in [9.17, 15) is 18.0 Å². The quantitative estimate of drug-likeness (QED) is 0.761. The van der Waals surface area contributed by atoms with Crippen molar-refractivity contribution < 1.29 is 23.1 Å². The zero-order valence-corrected chi connectivity index (χ0v) is 8.86. The predicted octanol–water partition coefficient (Wildman–Crippen LogP) is 2.16. The number of aromatic amines is 1. The maximum Gasteiger partial charge on any atom is 0.490 e. The summed E-state index contributed by atoms with van der Waals surface area (Å²) < 4.78 is 31.7. The third kappa shape index (κ3) is 3.62. The van der Waals surface area contributed by atoms with E-state index in [4.69, 9.17) is 9.90 Å². The fraction of sp³-hybridized carbons (Fsp3) is 0.0909. The molecule has 0 unspecified atom stereocenters. The molecular formula is C11H8F3NO3. The number of nitrogens with one attached hydrogen (secondary N) is 1. The Morgan fingerprint density at radius 2 is 1.72 bits per heavy atom. The summed E-state index contributed by atoms with van der Waals surface area (Å²) in [5.74, 6) is -2.76. The number of alkyl halides is 3. The highest BCUT2D eigenvalue weighted by molar-refractivity contribution is 5.80. The first-order valence-electron chi connectivity index (χ1n) is 4.69. The molecule has 1 heterocycles. The second kappa shape index (κ2) is 5.35. The van der Waals surface area contributed by atoms with Gasteiger partial charge in [0.2, 0.25) is 0 Å². The van der Waals surface area contributed by atoms with Crippen LogP contribution in [-0.4, -0.2) is 22.2 Å². The molecule has 7 heteroatoms. The molecule has 0 atom stereocenters. The summed E-state index contributed by atoms with van der Waals surface area (Å²) in [5.41, 5.74) is -0.0249. The maximum atomic E-state index is 11.1. The van der Waals surface area contributed by atoms with Crippen LogP contribution in [0.2, 0.25) is 0 Å². The minimum absolute atomic E-state index is 0.0249. The molecule has 2 N–H and O–H groups in total. The van der Waals surface area contributed by atoms with E-state index in [0.717, 1.165) is 10.8 Å². The highest BCUT2D eigenvalue weighted by Gasteiger charge is 2.38. The van der Waals surface area contributed by atoms with E-state index in [1.807, 2.05) is 30.3 Å². The molecule has 18 heavy (non-hydrogen) atoms. The first-order chi connectivity index (χ1) is 8.32. The molecule has 0 amide bonds. The van der Waals surface area contributed by atoms with Gasteiger partial charge in [0, 0.05) is 11.6 Å². The molecule has 0 saturated heterocycles. The van der Waals surface area contributed by atoms with Crippen LogP contribution in [-0.2, 0) is 4.79 Å². The van der Waals surface area contributed by atoms with Gasteiger partial charge < -0.3 is 10.1 Å². The molecule has 0 bridgehead atoms. The summed E-state index contributed by atoms with van der Waals surface area (Å²) >= 11 is 0. The Morgan fingerprint density at radius 3 is 2.22 bits per heavy atom. The number of hydrogen-bond acceptors (Lipinski definition) is 2. The van der Waals surface area contributed by atoms with Gasteiger partial charge >= 0.3 is 12.1 Å². The lowest BCUT2D eigenvalue weighted by Crippen LogP contribution is -2.21. The number of pyridine rings is 1. The second-order valence-electron chi connectivity index (χ2n) is 3.20. The van der Waals surface area contributed by atoms with E-state index in [1.165, 1.54) is 0 Å². The normalized spacial score (nSPS) is 10.6. The van der Waals surface area contributed by atoms with E-state index < -0.39 is 12.1 Å². The highest BCUT2D eigenvalue weighted by atomic mass is 19.4. The largest absolute Gasteiger partial charge is 0.490 e. The van der Waals surface area contributed by atoms with Crippen LogP contribution in [0.25, 0.3) is 10.8 Å². The lowest BCUT2D eigenvalue weighted by molar-refractivity contribution is -0.192. The summed E-state index contributed by atoms with van der Waals surface area (Å²) in [6.45, 7) is 0. The van der Waals surface area contributed by atoms with Crippen LogP contribution in [0.15, 0.2) is 41.3 Å². The molecule has 2 aromatic rings. The Hall–Kier alpha value is -2.31. The van der Waals surface area contributed by atoms with Crippen LogP contribution in [0.4, 0.5) is 13.2 Å². The van der Waals surface area contributed by atoms with E-state index >= 15 is 0 Å². The summed E-state index contributed by atoms with van der Waals surface area (Å²) in [6.07, 6.45) is -3.43. The molecule has 0 radical (unpaired) electrons. The van der Waals surface area contributed by atoms with Crippen LogP contribution < -0.4 is 5.56 Å². The minimum Gasteiger partial charge on any atom is -0.475 e. The Labute approximate surface area is 98.7 Å². The third-order valence-corrected chi connectivity index (χ3v) is 1.93. The van der Waals surface area contributed by atoms with Gasteiger partial charge in [0.05, 0.1) is 0 Å². The van der Waals surface area contributed by atoms with Gasteiger partial charge in [-0.3, -0.25) is 4.79 Å². The third-order valence-electron chi connectivity index (χ3n) is 1.93. The average molecular weight is 259 g/mol. The molecule has 0 aliphatic rings. The first kappa shape index (κ1) is 13.8. The van der Waals surface area contributed by atoms with Crippen molar-refractivity contribution in [2.45, 2.75) is 6.18 Å². The van der Waals surface area contributed by atoms with Crippen molar-refractivity contribution >= 4 is 16.7 Å². The molecule has 2 rings (SSSR count). The van der Waals surface area contributed by atoms with Gasteiger partial charge in [0.1, 0.15) is 0 Å². The highest BCUT2D eigenvalue weighted by Crippen LogP contribution is 2.13. The van der Waals surface area contributed by atoms with Crippen molar-refractivity contribution in [1.82, 2.24) is 4.98 Å². The number of halogens is 3. The lowest BCUT2D eigenvalue weighted by Gasteiger charge is -1.93. The molecule has 96 valence electrons. The van der Waals surface area contributed by atoms with Crippen molar-refractivity contribution in [1.29, 1.82) is 0 Å². The number of aliphatic carboxylic acids is 1. The zero-order chi connectivity index (χ0) is 13.8. The van der Waals surface area contributed by atoms with Gasteiger partial charge in [0.25, 0.3) is 5.56 Å². The Morgan fingerprint density at radius 1 is 1.17 bits per heavy atom.